The Bertz CT molecular complexity index is 1030. The quantitative estimate of drug-likeness (QED) is 0.577. The lowest BCUT2D eigenvalue weighted by Gasteiger charge is -2.62. The van der Waals surface area contributed by atoms with E-state index in [0.29, 0.717) is 40.1 Å². The zero-order valence-electron chi connectivity index (χ0n) is 18.9. The molecule has 3 saturated heterocycles. The van der Waals surface area contributed by atoms with Gasteiger partial charge < -0.3 is 35.2 Å². The topological polar surface area (TPSA) is 92.0 Å². The molecule has 172 valence electrons. The molecule has 0 radical (unpaired) electrons. The number of hydrogen-bond donors (Lipinski definition) is 2. The molecule has 2 bridgehead atoms. The number of aromatic nitrogens is 2. The zero-order valence-corrected chi connectivity index (χ0v) is 19.7. The zero-order chi connectivity index (χ0) is 22.6. The summed E-state index contributed by atoms with van der Waals surface area (Å²) in [6.45, 7) is 3.43. The molecule has 4 aliphatic rings. The minimum absolute atomic E-state index is 0.0264. The summed E-state index contributed by atoms with van der Waals surface area (Å²) in [6.07, 6.45) is 2.78. The number of hydrogen-bond acceptors (Lipinski definition) is 9. The van der Waals surface area contributed by atoms with Crippen LogP contribution in [0.3, 0.4) is 0 Å². The smallest absolute Gasteiger partial charge is 0.229 e. The molecule has 4 heterocycles. The van der Waals surface area contributed by atoms with Crippen molar-refractivity contribution in [2.45, 2.75) is 18.1 Å². The normalized spacial score (nSPS) is 25.2. The van der Waals surface area contributed by atoms with Crippen LogP contribution in [0.4, 0.5) is 28.8 Å². The van der Waals surface area contributed by atoms with Gasteiger partial charge in [0.25, 0.3) is 0 Å². The lowest BCUT2D eigenvalue weighted by Crippen LogP contribution is -2.76. The van der Waals surface area contributed by atoms with Crippen molar-refractivity contribution in [1.29, 1.82) is 0 Å². The largest absolute Gasteiger partial charge is 0.494 e. The number of fused-ring (bicyclic) bond motifs is 1. The number of nitrogens with two attached hydrogens (primary N) is 1. The summed E-state index contributed by atoms with van der Waals surface area (Å²) in [7, 11) is 7.76. The van der Waals surface area contributed by atoms with Crippen LogP contribution in [-0.2, 0) is 4.74 Å². The molecule has 1 aromatic heterocycles. The molecule has 6 rings (SSSR count). The third-order valence-corrected chi connectivity index (χ3v) is 7.11. The highest BCUT2D eigenvalue weighted by molar-refractivity contribution is 6.32. The predicted octanol–water partition coefficient (Wildman–Crippen LogP) is 2.44. The molecule has 2 aromatic rings. The molecule has 9 nitrogen and oxygen atoms in total. The van der Waals surface area contributed by atoms with Crippen LogP contribution >= 0.6 is 11.6 Å². The first-order chi connectivity index (χ1) is 15.3. The van der Waals surface area contributed by atoms with Crippen molar-refractivity contribution in [3.05, 3.63) is 23.4 Å². The van der Waals surface area contributed by atoms with E-state index >= 15 is 0 Å². The van der Waals surface area contributed by atoms with Crippen LogP contribution in [0.25, 0.3) is 0 Å². The van der Waals surface area contributed by atoms with Crippen LogP contribution in [0.15, 0.2) is 18.3 Å². The van der Waals surface area contributed by atoms with Crippen LogP contribution in [-0.4, -0.2) is 81.0 Å². The number of benzene rings is 1. The Hall–Kier alpha value is -2.49. The van der Waals surface area contributed by atoms with Gasteiger partial charge in [-0.15, -0.1) is 0 Å². The number of anilines is 5. The molecule has 1 saturated carbocycles. The van der Waals surface area contributed by atoms with Crippen LogP contribution in [0.5, 0.6) is 5.75 Å². The molecule has 4 fully saturated rings. The highest BCUT2D eigenvalue weighted by atomic mass is 35.5. The van der Waals surface area contributed by atoms with Gasteiger partial charge in [-0.05, 0) is 26.6 Å². The van der Waals surface area contributed by atoms with E-state index in [1.54, 1.807) is 13.3 Å². The fourth-order valence-electron chi connectivity index (χ4n) is 5.13. The molecule has 1 aliphatic carbocycles. The summed E-state index contributed by atoms with van der Waals surface area (Å²) >= 11 is 6.46. The third kappa shape index (κ3) is 3.39. The summed E-state index contributed by atoms with van der Waals surface area (Å²) in [4.78, 5) is 15.6. The van der Waals surface area contributed by atoms with Crippen LogP contribution < -0.4 is 25.6 Å². The Labute approximate surface area is 193 Å². The maximum Gasteiger partial charge on any atom is 0.229 e. The molecule has 10 heteroatoms. The minimum Gasteiger partial charge on any atom is -0.494 e. The maximum absolute atomic E-state index is 6.46. The minimum atomic E-state index is 0.0264. The van der Waals surface area contributed by atoms with Crippen LogP contribution in [0, 0.1) is 5.92 Å². The number of nitrogen functional groups attached to an aromatic ring is 1. The van der Waals surface area contributed by atoms with Crippen molar-refractivity contribution >= 4 is 40.4 Å². The Balaban J connectivity index is 1.36. The van der Waals surface area contributed by atoms with E-state index in [1.165, 1.54) is 0 Å². The Morgan fingerprint density at radius 3 is 2.84 bits per heavy atom. The van der Waals surface area contributed by atoms with Gasteiger partial charge in [0.05, 0.1) is 49.6 Å². The van der Waals surface area contributed by atoms with E-state index in [-0.39, 0.29) is 5.60 Å². The van der Waals surface area contributed by atoms with Crippen molar-refractivity contribution in [3.63, 3.8) is 0 Å². The number of likely N-dealkylation sites (N-methyl/N-ethyl adjacent to an activating group) is 2. The van der Waals surface area contributed by atoms with E-state index in [2.05, 4.69) is 25.0 Å². The summed E-state index contributed by atoms with van der Waals surface area (Å²) in [6, 6.07) is 4.17. The van der Waals surface area contributed by atoms with E-state index in [0.717, 1.165) is 44.2 Å². The molecule has 0 amide bonds. The summed E-state index contributed by atoms with van der Waals surface area (Å²) in [5, 5.41) is 3.80. The number of halogens is 1. The number of nitrogens with one attached hydrogen (secondary N) is 1. The van der Waals surface area contributed by atoms with Gasteiger partial charge in [-0.1, -0.05) is 11.6 Å². The average Bonchev–Trinajstić information content (AvgIpc) is 3.29. The number of piperidine rings is 1. The molecule has 32 heavy (non-hydrogen) atoms. The highest BCUT2D eigenvalue weighted by Gasteiger charge is 2.71. The van der Waals surface area contributed by atoms with E-state index in [9.17, 15) is 0 Å². The number of ether oxygens (including phenoxy) is 2. The second-order valence-electron chi connectivity index (χ2n) is 9.24. The van der Waals surface area contributed by atoms with Gasteiger partial charge in [0.15, 0.2) is 5.82 Å². The van der Waals surface area contributed by atoms with Gasteiger partial charge in [-0.3, -0.25) is 0 Å². The maximum atomic E-state index is 6.46. The SMILES string of the molecule is COc1cc(N(C)CCN(C)C)c(N)cc1Nc1ncc(Cl)c(N2C[C@@]34C[C@H](CO3)[C@@H]24)n1. The van der Waals surface area contributed by atoms with Gasteiger partial charge in [0.2, 0.25) is 5.95 Å². The molecular formula is C22H30ClN7O2. The summed E-state index contributed by atoms with van der Waals surface area (Å²) in [5.74, 6) is 2.43. The summed E-state index contributed by atoms with van der Waals surface area (Å²) < 4.78 is 11.6. The predicted molar refractivity (Wildman–Crippen MR) is 127 cm³/mol. The number of rotatable bonds is 8. The Morgan fingerprint density at radius 2 is 2.16 bits per heavy atom. The van der Waals surface area contributed by atoms with Crippen molar-refractivity contribution in [2.24, 2.45) is 5.92 Å². The van der Waals surface area contributed by atoms with E-state index < -0.39 is 0 Å². The fraction of sp³-hybridized carbons (Fsp3) is 0.545. The number of methoxy groups -OCH3 is 1. The van der Waals surface area contributed by atoms with Gasteiger partial charge in [-0.2, -0.15) is 4.98 Å². The summed E-state index contributed by atoms with van der Waals surface area (Å²) in [5.41, 5.74) is 8.68. The molecule has 3 atom stereocenters. The van der Waals surface area contributed by atoms with Gasteiger partial charge in [0.1, 0.15) is 16.4 Å². The van der Waals surface area contributed by atoms with Crippen molar-refractivity contribution in [1.82, 2.24) is 14.9 Å². The molecule has 1 aromatic carbocycles. The first-order valence-electron chi connectivity index (χ1n) is 10.8. The number of nitrogens with zero attached hydrogens (tertiary/aromatic N) is 5. The monoisotopic (exact) mass is 459 g/mol. The average molecular weight is 460 g/mol. The lowest BCUT2D eigenvalue weighted by molar-refractivity contribution is -0.0618. The van der Waals surface area contributed by atoms with Crippen LogP contribution in [0.2, 0.25) is 5.02 Å². The van der Waals surface area contributed by atoms with Gasteiger partial charge in [-0.25, -0.2) is 4.98 Å². The van der Waals surface area contributed by atoms with Crippen molar-refractivity contribution in [3.8, 4) is 5.75 Å². The first kappa shape index (κ1) is 21.4. The van der Waals surface area contributed by atoms with Gasteiger partial charge >= 0.3 is 0 Å². The fourth-order valence-corrected chi connectivity index (χ4v) is 5.33. The molecule has 0 unspecified atom stereocenters. The standard InChI is InChI=1S/C22H30ClN7O2/c1-28(2)5-6-29(3)17-8-18(31-4)16(7-15(17)24)26-21-25-10-14(23)20(27-21)30-12-22-9-13(11-32-22)19(22)30/h7-8,10,13,19H,5-6,9,11-12,24H2,1-4H3,(H,25,26,27)/t13-,19-,22-/m1/s1. The van der Waals surface area contributed by atoms with Gasteiger partial charge in [0, 0.05) is 32.1 Å². The molecule has 1 spiro atoms. The lowest BCUT2D eigenvalue weighted by atomic mass is 9.62. The second-order valence-corrected chi connectivity index (χ2v) is 9.65. The van der Waals surface area contributed by atoms with E-state index in [4.69, 9.17) is 31.8 Å². The first-order valence-corrected chi connectivity index (χ1v) is 11.2. The Kier molecular flexibility index (Phi) is 5.22. The molecule has 3 N–H and O–H groups in total. The molecular weight excluding hydrogens is 430 g/mol. The van der Waals surface area contributed by atoms with E-state index in [1.807, 2.05) is 33.3 Å². The highest BCUT2D eigenvalue weighted by Crippen LogP contribution is 2.59. The Morgan fingerprint density at radius 1 is 1.34 bits per heavy atom. The second kappa shape index (κ2) is 7.83. The van der Waals surface area contributed by atoms with Crippen molar-refractivity contribution < 1.29 is 9.47 Å². The molecule has 3 aliphatic heterocycles. The van der Waals surface area contributed by atoms with Crippen molar-refractivity contribution in [2.75, 3.05) is 75.3 Å². The van der Waals surface area contributed by atoms with Crippen LogP contribution in [0.1, 0.15) is 6.42 Å². The third-order valence-electron chi connectivity index (χ3n) is 6.84.